The van der Waals surface area contributed by atoms with Crippen molar-refractivity contribution in [3.05, 3.63) is 135 Å². The molecule has 0 amide bonds. The number of fused-ring (bicyclic) bond motifs is 1. The summed E-state index contributed by atoms with van der Waals surface area (Å²) in [6.07, 6.45) is 24.7. The Morgan fingerprint density at radius 3 is 2.33 bits per heavy atom. The van der Waals surface area contributed by atoms with Crippen molar-refractivity contribution in [3.63, 3.8) is 0 Å². The number of benzene rings is 2. The summed E-state index contributed by atoms with van der Waals surface area (Å²) in [6.45, 7) is 12.5. The number of rotatable bonds is 7. The highest BCUT2D eigenvalue weighted by Gasteiger charge is 2.13. The van der Waals surface area contributed by atoms with Gasteiger partial charge in [0.15, 0.2) is 0 Å². The quantitative estimate of drug-likeness (QED) is 0.244. The average molecular weight is 470 g/mol. The molecule has 0 saturated carbocycles. The first-order valence-corrected chi connectivity index (χ1v) is 12.6. The van der Waals surface area contributed by atoms with Crippen LogP contribution in [0, 0.1) is 6.92 Å². The molecule has 0 radical (unpaired) electrons. The molecule has 1 heteroatoms. The van der Waals surface area contributed by atoms with Crippen LogP contribution >= 0.6 is 0 Å². The molecule has 0 N–H and O–H groups in total. The third kappa shape index (κ3) is 5.75. The van der Waals surface area contributed by atoms with Crippen LogP contribution < -0.4 is 10.6 Å². The molecule has 3 aromatic rings. The van der Waals surface area contributed by atoms with Gasteiger partial charge in [-0.3, -0.25) is 0 Å². The van der Waals surface area contributed by atoms with E-state index in [0.29, 0.717) is 0 Å². The Bertz CT molecular complexity index is 1530. The van der Waals surface area contributed by atoms with Crippen LogP contribution in [-0.4, -0.2) is 4.57 Å². The molecular weight excluding hydrogens is 434 g/mol. The van der Waals surface area contributed by atoms with Crippen molar-refractivity contribution < 1.29 is 0 Å². The van der Waals surface area contributed by atoms with Crippen LogP contribution in [0.1, 0.15) is 55.1 Å². The lowest BCUT2D eigenvalue weighted by atomic mass is 10.1. The first-order chi connectivity index (χ1) is 17.5. The van der Waals surface area contributed by atoms with Crippen molar-refractivity contribution in [3.8, 4) is 5.69 Å². The van der Waals surface area contributed by atoms with Crippen LogP contribution in [0.15, 0.2) is 96.6 Å². The van der Waals surface area contributed by atoms with E-state index in [2.05, 4.69) is 129 Å². The molecule has 180 valence electrons. The number of hydrogen-bond acceptors (Lipinski definition) is 0. The molecule has 1 aliphatic carbocycles. The monoisotopic (exact) mass is 469 g/mol. The third-order valence-electron chi connectivity index (χ3n) is 6.48. The van der Waals surface area contributed by atoms with E-state index in [-0.39, 0.29) is 0 Å². The van der Waals surface area contributed by atoms with Gasteiger partial charge in [0.05, 0.1) is 5.35 Å². The van der Waals surface area contributed by atoms with E-state index >= 15 is 0 Å². The van der Waals surface area contributed by atoms with Gasteiger partial charge in [-0.1, -0.05) is 97.2 Å². The van der Waals surface area contributed by atoms with Crippen molar-refractivity contribution in [2.45, 2.75) is 34.1 Å². The lowest BCUT2D eigenvalue weighted by molar-refractivity contribution is 1.01. The van der Waals surface area contributed by atoms with Crippen LogP contribution in [0.5, 0.6) is 0 Å². The predicted octanol–water partition coefficient (Wildman–Crippen LogP) is 8.05. The van der Waals surface area contributed by atoms with Crippen molar-refractivity contribution in [2.75, 3.05) is 0 Å². The minimum atomic E-state index is 0.958. The lowest BCUT2D eigenvalue weighted by Gasteiger charge is -2.10. The summed E-state index contributed by atoms with van der Waals surface area (Å²) >= 11 is 0. The van der Waals surface area contributed by atoms with Crippen LogP contribution in [0.25, 0.3) is 42.1 Å². The van der Waals surface area contributed by atoms with E-state index in [9.17, 15) is 0 Å². The standard InChI is InChI=1S/C35H35N/c1-6-8-9-13-30-14-11-15-31(25-30)18-17-29-19-21-32(22-20-29)36-34(23-26(3)7-2)28(5)33-16-10-12-27(4)24-35(33)36/h6-9,11-25H,2,10H2,1,3-5H3/b8-6-,13-9-,18-17+,26-23-. The molecule has 4 rings (SSSR count). The molecule has 0 saturated heterocycles. The van der Waals surface area contributed by atoms with E-state index in [0.717, 1.165) is 17.7 Å². The largest absolute Gasteiger partial charge is 0.310 e. The highest BCUT2D eigenvalue weighted by Crippen LogP contribution is 2.19. The smallest absolute Gasteiger partial charge is 0.0536 e. The Hall–Kier alpha value is -4.10. The zero-order chi connectivity index (χ0) is 25.5. The van der Waals surface area contributed by atoms with Gasteiger partial charge in [-0.2, -0.15) is 0 Å². The fourth-order valence-corrected chi connectivity index (χ4v) is 4.48. The summed E-state index contributed by atoms with van der Waals surface area (Å²) in [6, 6.07) is 17.4. The SMILES string of the molecule is C=C/C(C)=C\c1c(C)c2c(n1-c1ccc(/C=C/c3cccc(/C=C\C=C/C)c3)cc1)=CC(C)=CCC=2. The number of allylic oxidation sites excluding steroid dienone is 7. The maximum Gasteiger partial charge on any atom is 0.0536 e. The summed E-state index contributed by atoms with van der Waals surface area (Å²) in [7, 11) is 0. The normalized spacial score (nSPS) is 14.0. The molecule has 36 heavy (non-hydrogen) atoms. The summed E-state index contributed by atoms with van der Waals surface area (Å²) in [5.74, 6) is 0. The molecule has 0 bridgehead atoms. The maximum absolute atomic E-state index is 3.96. The fraction of sp³-hybridized carbons (Fsp3) is 0.143. The van der Waals surface area contributed by atoms with E-state index in [4.69, 9.17) is 0 Å². The Morgan fingerprint density at radius 1 is 0.889 bits per heavy atom. The summed E-state index contributed by atoms with van der Waals surface area (Å²) in [5, 5.41) is 2.56. The van der Waals surface area contributed by atoms with E-state index in [1.165, 1.54) is 44.1 Å². The van der Waals surface area contributed by atoms with Crippen molar-refractivity contribution in [1.82, 2.24) is 4.57 Å². The molecule has 0 fully saturated rings. The molecule has 1 aromatic heterocycles. The van der Waals surface area contributed by atoms with Crippen molar-refractivity contribution >= 4 is 36.5 Å². The number of hydrogen-bond donors (Lipinski definition) is 0. The zero-order valence-corrected chi connectivity index (χ0v) is 21.8. The van der Waals surface area contributed by atoms with Crippen LogP contribution in [-0.2, 0) is 0 Å². The Morgan fingerprint density at radius 2 is 1.61 bits per heavy atom. The van der Waals surface area contributed by atoms with Gasteiger partial charge in [0.2, 0.25) is 0 Å². The highest BCUT2D eigenvalue weighted by atomic mass is 15.0. The first-order valence-electron chi connectivity index (χ1n) is 12.6. The van der Waals surface area contributed by atoms with Gasteiger partial charge in [0, 0.05) is 11.4 Å². The molecule has 0 unspecified atom stereocenters. The van der Waals surface area contributed by atoms with Gasteiger partial charge in [-0.15, -0.1) is 0 Å². The van der Waals surface area contributed by atoms with Gasteiger partial charge in [0.1, 0.15) is 0 Å². The van der Waals surface area contributed by atoms with Gasteiger partial charge < -0.3 is 4.57 Å². The zero-order valence-electron chi connectivity index (χ0n) is 21.8. The minimum Gasteiger partial charge on any atom is -0.310 e. The fourth-order valence-electron chi connectivity index (χ4n) is 4.48. The second-order valence-corrected chi connectivity index (χ2v) is 9.25. The summed E-state index contributed by atoms with van der Waals surface area (Å²) in [4.78, 5) is 0. The van der Waals surface area contributed by atoms with Crippen molar-refractivity contribution in [1.29, 1.82) is 0 Å². The van der Waals surface area contributed by atoms with Gasteiger partial charge in [0.25, 0.3) is 0 Å². The number of nitrogens with zero attached hydrogens (tertiary/aromatic N) is 1. The molecule has 0 aliphatic heterocycles. The number of aromatic nitrogens is 1. The van der Waals surface area contributed by atoms with Gasteiger partial charge in [-0.25, -0.2) is 0 Å². The molecule has 2 aromatic carbocycles. The molecule has 0 spiro atoms. The summed E-state index contributed by atoms with van der Waals surface area (Å²) < 4.78 is 2.38. The molecule has 0 atom stereocenters. The third-order valence-corrected chi connectivity index (χ3v) is 6.48. The average Bonchev–Trinajstić information content (AvgIpc) is 3.01. The van der Waals surface area contributed by atoms with Crippen LogP contribution in [0.4, 0.5) is 0 Å². The van der Waals surface area contributed by atoms with Gasteiger partial charge in [-0.05, 0) is 97.5 Å². The lowest BCUT2D eigenvalue weighted by Crippen LogP contribution is -2.29. The second-order valence-electron chi connectivity index (χ2n) is 9.25. The Kier molecular flexibility index (Phi) is 8.02. The maximum atomic E-state index is 3.96. The molecule has 1 nitrogen and oxygen atoms in total. The van der Waals surface area contributed by atoms with Crippen LogP contribution in [0.3, 0.4) is 0 Å². The van der Waals surface area contributed by atoms with Crippen molar-refractivity contribution in [2.24, 2.45) is 0 Å². The van der Waals surface area contributed by atoms with E-state index in [1.54, 1.807) is 0 Å². The van der Waals surface area contributed by atoms with Gasteiger partial charge >= 0.3 is 0 Å². The molecule has 1 aliphatic rings. The molecule has 1 heterocycles. The summed E-state index contributed by atoms with van der Waals surface area (Å²) in [5.41, 5.74) is 9.69. The van der Waals surface area contributed by atoms with E-state index < -0.39 is 0 Å². The Labute approximate surface area is 215 Å². The topological polar surface area (TPSA) is 4.93 Å². The first kappa shape index (κ1) is 25.0. The Balaban J connectivity index is 1.71. The van der Waals surface area contributed by atoms with E-state index in [1.807, 2.05) is 25.2 Å². The predicted molar refractivity (Wildman–Crippen MR) is 160 cm³/mol. The highest BCUT2D eigenvalue weighted by molar-refractivity contribution is 5.72. The van der Waals surface area contributed by atoms with Crippen LogP contribution in [0.2, 0.25) is 0 Å². The second kappa shape index (κ2) is 11.6. The minimum absolute atomic E-state index is 0.958. The molecular formula is C35H35N.